The van der Waals surface area contributed by atoms with Crippen molar-refractivity contribution in [1.82, 2.24) is 9.97 Å². The number of nitrogens with zero attached hydrogens (tertiary/aromatic N) is 2. The molecule has 1 aromatic carbocycles. The van der Waals surface area contributed by atoms with Gasteiger partial charge >= 0.3 is 12.0 Å². The summed E-state index contributed by atoms with van der Waals surface area (Å²) < 4.78 is 21.3. The molecule has 0 saturated heterocycles. The zero-order valence-corrected chi connectivity index (χ0v) is 14.2. The Morgan fingerprint density at radius 3 is 2.52 bits per heavy atom. The fourth-order valence-corrected chi connectivity index (χ4v) is 2.40. The molecule has 2 aromatic rings. The first-order chi connectivity index (χ1) is 12.2. The highest BCUT2D eigenvalue weighted by molar-refractivity contribution is 6.05. The van der Waals surface area contributed by atoms with Crippen molar-refractivity contribution >= 4 is 11.7 Å². The Bertz CT molecular complexity index is 810. The van der Waals surface area contributed by atoms with Crippen LogP contribution in [0.2, 0.25) is 0 Å². The van der Waals surface area contributed by atoms with E-state index in [0.717, 1.165) is 12.8 Å². The first kappa shape index (κ1) is 16.8. The molecular formula is C18H18N2O5. The molecule has 7 nitrogen and oxygen atoms in total. The molecule has 0 atom stereocenters. The number of benzene rings is 1. The van der Waals surface area contributed by atoms with Crippen LogP contribution < -0.4 is 14.2 Å². The zero-order valence-electron chi connectivity index (χ0n) is 14.2. The SMILES string of the molecule is CCCC=C1OC(=O)c2c(Oc3nc(OC)cc(OC)n3)cccc21. The van der Waals surface area contributed by atoms with Gasteiger partial charge in [-0.1, -0.05) is 25.5 Å². The lowest BCUT2D eigenvalue weighted by molar-refractivity contribution is 0.0713. The molecule has 0 radical (unpaired) electrons. The van der Waals surface area contributed by atoms with E-state index in [1.807, 2.05) is 12.1 Å². The fraction of sp³-hybridized carbons (Fsp3) is 0.278. The van der Waals surface area contributed by atoms with Crippen molar-refractivity contribution in [3.63, 3.8) is 0 Å². The first-order valence-corrected chi connectivity index (χ1v) is 7.87. The smallest absolute Gasteiger partial charge is 0.348 e. The van der Waals surface area contributed by atoms with E-state index in [-0.39, 0.29) is 6.01 Å². The lowest BCUT2D eigenvalue weighted by Crippen LogP contribution is -2.01. The monoisotopic (exact) mass is 342 g/mol. The fourth-order valence-electron chi connectivity index (χ4n) is 2.40. The predicted molar refractivity (Wildman–Crippen MR) is 90.0 cm³/mol. The summed E-state index contributed by atoms with van der Waals surface area (Å²) in [5.74, 6) is 0.998. The molecule has 1 aromatic heterocycles. The van der Waals surface area contributed by atoms with Gasteiger partial charge in [0.25, 0.3) is 0 Å². The summed E-state index contributed by atoms with van der Waals surface area (Å²) >= 11 is 0. The van der Waals surface area contributed by atoms with Crippen LogP contribution in [-0.2, 0) is 4.74 Å². The molecule has 7 heteroatoms. The highest BCUT2D eigenvalue weighted by Gasteiger charge is 2.30. The molecule has 0 amide bonds. The van der Waals surface area contributed by atoms with Gasteiger partial charge in [0.1, 0.15) is 17.1 Å². The van der Waals surface area contributed by atoms with Crippen LogP contribution in [0.5, 0.6) is 23.5 Å². The van der Waals surface area contributed by atoms with E-state index in [1.165, 1.54) is 20.3 Å². The Kier molecular flexibility index (Phi) is 4.83. The van der Waals surface area contributed by atoms with Crippen molar-refractivity contribution in [3.8, 4) is 23.5 Å². The van der Waals surface area contributed by atoms with Crippen molar-refractivity contribution in [2.45, 2.75) is 19.8 Å². The molecule has 130 valence electrons. The molecule has 0 unspecified atom stereocenters. The molecule has 0 bridgehead atoms. The number of fused-ring (bicyclic) bond motifs is 1. The maximum absolute atomic E-state index is 12.3. The van der Waals surface area contributed by atoms with Gasteiger partial charge in [0.05, 0.1) is 20.3 Å². The van der Waals surface area contributed by atoms with Crippen molar-refractivity contribution in [1.29, 1.82) is 0 Å². The number of rotatable bonds is 6. The first-order valence-electron chi connectivity index (χ1n) is 7.87. The molecule has 0 saturated carbocycles. The maximum atomic E-state index is 12.3. The third-order valence-corrected chi connectivity index (χ3v) is 3.60. The van der Waals surface area contributed by atoms with E-state index >= 15 is 0 Å². The number of carbonyl (C=O) groups is 1. The number of unbranched alkanes of at least 4 members (excludes halogenated alkanes) is 1. The lowest BCUT2D eigenvalue weighted by atomic mass is 10.1. The number of hydrogen-bond donors (Lipinski definition) is 0. The molecule has 25 heavy (non-hydrogen) atoms. The van der Waals surface area contributed by atoms with Crippen LogP contribution in [0.25, 0.3) is 5.76 Å². The van der Waals surface area contributed by atoms with Crippen LogP contribution in [0.15, 0.2) is 30.3 Å². The highest BCUT2D eigenvalue weighted by Crippen LogP contribution is 2.37. The summed E-state index contributed by atoms with van der Waals surface area (Å²) in [6.07, 6.45) is 3.69. The van der Waals surface area contributed by atoms with Crippen LogP contribution in [0.3, 0.4) is 0 Å². The second kappa shape index (κ2) is 7.21. The van der Waals surface area contributed by atoms with E-state index in [4.69, 9.17) is 18.9 Å². The Balaban J connectivity index is 1.98. The van der Waals surface area contributed by atoms with Gasteiger partial charge in [-0.3, -0.25) is 0 Å². The van der Waals surface area contributed by atoms with Gasteiger partial charge in [-0.05, 0) is 18.6 Å². The summed E-state index contributed by atoms with van der Waals surface area (Å²) in [7, 11) is 2.96. The van der Waals surface area contributed by atoms with Gasteiger partial charge < -0.3 is 18.9 Å². The van der Waals surface area contributed by atoms with E-state index in [1.54, 1.807) is 12.1 Å². The quantitative estimate of drug-likeness (QED) is 0.742. The molecule has 0 spiro atoms. The Morgan fingerprint density at radius 2 is 1.88 bits per heavy atom. The average Bonchev–Trinajstić information content (AvgIpc) is 2.96. The summed E-state index contributed by atoms with van der Waals surface area (Å²) in [5.41, 5.74) is 1.06. The normalized spacial score (nSPS) is 14.2. The van der Waals surface area contributed by atoms with Gasteiger partial charge in [-0.15, -0.1) is 0 Å². The molecule has 0 fully saturated rings. The molecule has 1 aliphatic heterocycles. The minimum Gasteiger partial charge on any atom is -0.481 e. The van der Waals surface area contributed by atoms with Crippen molar-refractivity contribution in [2.75, 3.05) is 14.2 Å². The Labute approximate surface area is 145 Å². The van der Waals surface area contributed by atoms with E-state index in [2.05, 4.69) is 16.9 Å². The number of allylic oxidation sites excluding steroid dienone is 1. The van der Waals surface area contributed by atoms with E-state index < -0.39 is 5.97 Å². The molecular weight excluding hydrogens is 324 g/mol. The van der Waals surface area contributed by atoms with Crippen LogP contribution in [0.1, 0.15) is 35.7 Å². The maximum Gasteiger partial charge on any atom is 0.348 e. The van der Waals surface area contributed by atoms with Crippen LogP contribution in [0, 0.1) is 0 Å². The lowest BCUT2D eigenvalue weighted by Gasteiger charge is -2.09. The highest BCUT2D eigenvalue weighted by atomic mass is 16.5. The second-order valence-corrected chi connectivity index (χ2v) is 5.26. The predicted octanol–water partition coefficient (Wildman–Crippen LogP) is 3.60. The number of cyclic esters (lactones) is 1. The van der Waals surface area contributed by atoms with Gasteiger partial charge in [0.15, 0.2) is 0 Å². The molecule has 3 rings (SSSR count). The van der Waals surface area contributed by atoms with Gasteiger partial charge in [-0.2, -0.15) is 9.97 Å². The third kappa shape index (κ3) is 3.40. The Hall–Kier alpha value is -3.09. The van der Waals surface area contributed by atoms with Gasteiger partial charge in [0, 0.05) is 5.56 Å². The van der Waals surface area contributed by atoms with E-state index in [0.29, 0.717) is 34.4 Å². The average molecular weight is 342 g/mol. The number of ether oxygens (including phenoxy) is 4. The van der Waals surface area contributed by atoms with Crippen LogP contribution >= 0.6 is 0 Å². The van der Waals surface area contributed by atoms with Gasteiger partial charge in [0.2, 0.25) is 11.8 Å². The van der Waals surface area contributed by atoms with Crippen LogP contribution in [0.4, 0.5) is 0 Å². The molecule has 0 N–H and O–H groups in total. The number of methoxy groups -OCH3 is 2. The van der Waals surface area contributed by atoms with E-state index in [9.17, 15) is 4.79 Å². The molecule has 1 aliphatic rings. The van der Waals surface area contributed by atoms with Crippen molar-refractivity contribution in [3.05, 3.63) is 41.5 Å². The number of aromatic nitrogens is 2. The Morgan fingerprint density at radius 1 is 1.16 bits per heavy atom. The largest absolute Gasteiger partial charge is 0.481 e. The van der Waals surface area contributed by atoms with Crippen LogP contribution in [-0.4, -0.2) is 30.2 Å². The topological polar surface area (TPSA) is 79.8 Å². The molecule has 0 aliphatic carbocycles. The minimum absolute atomic E-state index is 0.0170. The van der Waals surface area contributed by atoms with Crippen molar-refractivity contribution < 1.29 is 23.7 Å². The third-order valence-electron chi connectivity index (χ3n) is 3.60. The van der Waals surface area contributed by atoms with Crippen molar-refractivity contribution in [2.24, 2.45) is 0 Å². The summed E-state index contributed by atoms with van der Waals surface area (Å²) in [5, 5.41) is 0. The number of esters is 1. The summed E-state index contributed by atoms with van der Waals surface area (Å²) in [6.45, 7) is 2.06. The second-order valence-electron chi connectivity index (χ2n) is 5.26. The summed E-state index contributed by atoms with van der Waals surface area (Å²) in [6, 6.07) is 6.82. The van der Waals surface area contributed by atoms with Gasteiger partial charge in [-0.25, -0.2) is 4.79 Å². The summed E-state index contributed by atoms with van der Waals surface area (Å²) in [4.78, 5) is 20.5. The standard InChI is InChI=1S/C18H18N2O5/c1-4-5-8-12-11-7-6-9-13(16(11)17(21)24-12)25-18-19-14(22-2)10-15(20-18)23-3/h6-10H,4-5H2,1-3H3. The number of carbonyl (C=O) groups excluding carboxylic acids is 1. The minimum atomic E-state index is -0.456. The molecule has 2 heterocycles. The number of hydrogen-bond acceptors (Lipinski definition) is 7. The zero-order chi connectivity index (χ0) is 17.8.